The van der Waals surface area contributed by atoms with Gasteiger partial charge in [0.05, 0.1) is 11.4 Å². The summed E-state index contributed by atoms with van der Waals surface area (Å²) < 4.78 is 13.5. The lowest BCUT2D eigenvalue weighted by Gasteiger charge is -2.18. The van der Waals surface area contributed by atoms with E-state index in [0.29, 0.717) is 41.4 Å². The van der Waals surface area contributed by atoms with Gasteiger partial charge in [-0.2, -0.15) is 0 Å². The molecule has 7 heteroatoms. The summed E-state index contributed by atoms with van der Waals surface area (Å²) in [5, 5.41) is 3.17. The molecule has 3 heterocycles. The van der Waals surface area contributed by atoms with Gasteiger partial charge in [0.15, 0.2) is 0 Å². The molecule has 0 fully saturated rings. The second-order valence-electron chi connectivity index (χ2n) is 6.04. The Balaban J connectivity index is 1.71. The molecule has 26 heavy (non-hydrogen) atoms. The van der Waals surface area contributed by atoms with Gasteiger partial charge >= 0.3 is 0 Å². The van der Waals surface area contributed by atoms with Gasteiger partial charge in [0, 0.05) is 35.4 Å². The van der Waals surface area contributed by atoms with Crippen LogP contribution in [0, 0.1) is 5.82 Å². The molecule has 0 aliphatic carbocycles. The molecule has 1 N–H and O–H groups in total. The Morgan fingerprint density at radius 2 is 2.04 bits per heavy atom. The molecule has 0 unspecified atom stereocenters. The SMILES string of the molecule is O=C1NCCc2c1ccnc2-c1cc(Cc2cc(F)cc(Cl)c2)ncn1. The van der Waals surface area contributed by atoms with Crippen LogP contribution in [0.3, 0.4) is 0 Å². The fraction of sp³-hybridized carbons (Fsp3) is 0.158. The largest absolute Gasteiger partial charge is 0.352 e. The Labute approximate surface area is 154 Å². The molecule has 0 bridgehead atoms. The molecule has 0 radical (unpaired) electrons. The second-order valence-corrected chi connectivity index (χ2v) is 6.48. The molecule has 1 aliphatic rings. The average molecular weight is 369 g/mol. The summed E-state index contributed by atoms with van der Waals surface area (Å²) in [5.74, 6) is -0.481. The number of hydrogen-bond donors (Lipinski definition) is 1. The fourth-order valence-corrected chi connectivity index (χ4v) is 3.37. The van der Waals surface area contributed by atoms with Gasteiger partial charge in [-0.15, -0.1) is 0 Å². The normalized spacial score (nSPS) is 13.2. The van der Waals surface area contributed by atoms with Crippen molar-refractivity contribution in [2.45, 2.75) is 12.8 Å². The van der Waals surface area contributed by atoms with E-state index in [0.717, 1.165) is 16.8 Å². The Bertz CT molecular complexity index is 988. The number of rotatable bonds is 3. The Hall–Kier alpha value is -2.86. The molecule has 0 saturated carbocycles. The first-order valence-electron chi connectivity index (χ1n) is 8.12. The van der Waals surface area contributed by atoms with Gasteiger partial charge in [-0.05, 0) is 47.9 Å². The zero-order valence-electron chi connectivity index (χ0n) is 13.7. The summed E-state index contributed by atoms with van der Waals surface area (Å²) in [5.41, 5.74) is 4.27. The van der Waals surface area contributed by atoms with Gasteiger partial charge in [-0.3, -0.25) is 9.78 Å². The van der Waals surface area contributed by atoms with Crippen LogP contribution >= 0.6 is 11.6 Å². The number of carbonyl (C=O) groups is 1. The van der Waals surface area contributed by atoms with Gasteiger partial charge in [0.1, 0.15) is 12.1 Å². The average Bonchev–Trinajstić information content (AvgIpc) is 2.61. The van der Waals surface area contributed by atoms with Gasteiger partial charge < -0.3 is 5.32 Å². The van der Waals surface area contributed by atoms with E-state index in [1.807, 2.05) is 6.07 Å². The zero-order chi connectivity index (χ0) is 18.1. The predicted molar refractivity (Wildman–Crippen MR) is 95.5 cm³/mol. The molecule has 130 valence electrons. The highest BCUT2D eigenvalue weighted by Crippen LogP contribution is 2.25. The Morgan fingerprint density at radius 3 is 2.88 bits per heavy atom. The minimum atomic E-state index is -0.383. The van der Waals surface area contributed by atoms with Crippen molar-refractivity contribution in [3.05, 3.63) is 76.1 Å². The third kappa shape index (κ3) is 3.28. The van der Waals surface area contributed by atoms with Gasteiger partial charge in [-0.25, -0.2) is 14.4 Å². The number of halogens is 2. The molecule has 0 spiro atoms. The number of aromatic nitrogens is 3. The number of pyridine rings is 1. The summed E-state index contributed by atoms with van der Waals surface area (Å²) in [7, 11) is 0. The number of amides is 1. The summed E-state index contributed by atoms with van der Waals surface area (Å²) in [6.07, 6.45) is 4.17. The van der Waals surface area contributed by atoms with Crippen LogP contribution in [0.1, 0.15) is 27.2 Å². The van der Waals surface area contributed by atoms with Crippen LogP contribution in [0.25, 0.3) is 11.4 Å². The predicted octanol–water partition coefficient (Wildman–Crippen LogP) is 3.21. The van der Waals surface area contributed by atoms with Crippen LogP contribution in [0.4, 0.5) is 4.39 Å². The van der Waals surface area contributed by atoms with Crippen molar-refractivity contribution < 1.29 is 9.18 Å². The quantitative estimate of drug-likeness (QED) is 0.770. The van der Waals surface area contributed by atoms with Crippen LogP contribution in [0.5, 0.6) is 0 Å². The maximum absolute atomic E-state index is 13.5. The third-order valence-electron chi connectivity index (χ3n) is 4.23. The molecular formula is C19H14ClFN4O. The van der Waals surface area contributed by atoms with E-state index in [2.05, 4.69) is 20.3 Å². The number of nitrogens with one attached hydrogen (secondary N) is 1. The van der Waals surface area contributed by atoms with Crippen molar-refractivity contribution in [1.82, 2.24) is 20.3 Å². The first kappa shape index (κ1) is 16.6. The van der Waals surface area contributed by atoms with Crippen molar-refractivity contribution in [1.29, 1.82) is 0 Å². The first-order chi connectivity index (χ1) is 12.6. The second kappa shape index (κ2) is 6.80. The standard InChI is InChI=1S/C19H14ClFN4O/c20-12-5-11(6-13(21)8-12)7-14-9-17(25-10-24-14)18-15-1-4-23-19(26)16(15)2-3-22-18/h2-3,5-6,8-10H,1,4,7H2,(H,23,26). The van der Waals surface area contributed by atoms with Crippen molar-refractivity contribution in [3.63, 3.8) is 0 Å². The monoisotopic (exact) mass is 368 g/mol. The summed E-state index contributed by atoms with van der Waals surface area (Å²) >= 11 is 5.92. The van der Waals surface area contributed by atoms with E-state index in [-0.39, 0.29) is 11.7 Å². The van der Waals surface area contributed by atoms with Crippen LogP contribution in [0.15, 0.2) is 42.9 Å². The summed E-state index contributed by atoms with van der Waals surface area (Å²) in [6, 6.07) is 7.93. The molecule has 0 atom stereocenters. The van der Waals surface area contributed by atoms with E-state index in [4.69, 9.17) is 11.6 Å². The van der Waals surface area contributed by atoms with E-state index < -0.39 is 0 Å². The maximum Gasteiger partial charge on any atom is 0.251 e. The van der Waals surface area contributed by atoms with Crippen molar-refractivity contribution in [2.75, 3.05) is 6.54 Å². The third-order valence-corrected chi connectivity index (χ3v) is 4.45. The van der Waals surface area contributed by atoms with Gasteiger partial charge in [-0.1, -0.05) is 11.6 Å². The Morgan fingerprint density at radius 1 is 1.15 bits per heavy atom. The Kier molecular flexibility index (Phi) is 4.34. The number of hydrogen-bond acceptors (Lipinski definition) is 4. The first-order valence-corrected chi connectivity index (χ1v) is 8.50. The topological polar surface area (TPSA) is 67.8 Å². The lowest BCUT2D eigenvalue weighted by Crippen LogP contribution is -2.32. The molecule has 0 saturated heterocycles. The minimum absolute atomic E-state index is 0.0985. The lowest BCUT2D eigenvalue weighted by atomic mass is 9.97. The lowest BCUT2D eigenvalue weighted by molar-refractivity contribution is 0.0946. The highest BCUT2D eigenvalue weighted by molar-refractivity contribution is 6.30. The minimum Gasteiger partial charge on any atom is -0.352 e. The van der Waals surface area contributed by atoms with Crippen molar-refractivity contribution in [2.24, 2.45) is 0 Å². The van der Waals surface area contributed by atoms with E-state index in [9.17, 15) is 9.18 Å². The van der Waals surface area contributed by atoms with E-state index >= 15 is 0 Å². The van der Waals surface area contributed by atoms with Crippen molar-refractivity contribution >= 4 is 17.5 Å². The number of benzene rings is 1. The number of nitrogens with zero attached hydrogens (tertiary/aromatic N) is 3. The summed E-state index contributed by atoms with van der Waals surface area (Å²) in [6.45, 7) is 0.574. The molecule has 5 nitrogen and oxygen atoms in total. The number of carbonyl (C=O) groups excluding carboxylic acids is 1. The van der Waals surface area contributed by atoms with Crippen LogP contribution in [0.2, 0.25) is 5.02 Å². The summed E-state index contributed by atoms with van der Waals surface area (Å²) in [4.78, 5) is 25.0. The van der Waals surface area contributed by atoms with Crippen molar-refractivity contribution in [3.8, 4) is 11.4 Å². The molecule has 1 aromatic carbocycles. The van der Waals surface area contributed by atoms with E-state index in [1.165, 1.54) is 18.5 Å². The molecule has 1 aliphatic heterocycles. The van der Waals surface area contributed by atoms with Crippen LogP contribution < -0.4 is 5.32 Å². The van der Waals surface area contributed by atoms with Crippen LogP contribution in [-0.2, 0) is 12.8 Å². The number of fused-ring (bicyclic) bond motifs is 1. The van der Waals surface area contributed by atoms with E-state index in [1.54, 1.807) is 18.3 Å². The van der Waals surface area contributed by atoms with Crippen LogP contribution in [-0.4, -0.2) is 27.4 Å². The molecular weight excluding hydrogens is 355 g/mol. The smallest absolute Gasteiger partial charge is 0.251 e. The molecule has 4 rings (SSSR count). The zero-order valence-corrected chi connectivity index (χ0v) is 14.4. The fourth-order valence-electron chi connectivity index (χ4n) is 3.12. The molecule has 1 amide bonds. The van der Waals surface area contributed by atoms with Gasteiger partial charge in [0.25, 0.3) is 5.91 Å². The molecule has 3 aromatic rings. The van der Waals surface area contributed by atoms with Gasteiger partial charge in [0.2, 0.25) is 0 Å². The maximum atomic E-state index is 13.5. The molecule has 2 aromatic heterocycles. The highest BCUT2D eigenvalue weighted by Gasteiger charge is 2.21. The highest BCUT2D eigenvalue weighted by atomic mass is 35.5.